The molecule has 0 amide bonds. The van der Waals surface area contributed by atoms with Crippen LogP contribution in [0.15, 0.2) is 52.0 Å². The molecule has 0 atom stereocenters. The van der Waals surface area contributed by atoms with E-state index >= 15 is 0 Å². The maximum absolute atomic E-state index is 8.93. The maximum atomic E-state index is 8.93. The van der Waals surface area contributed by atoms with E-state index in [9.17, 15) is 0 Å². The van der Waals surface area contributed by atoms with E-state index in [4.69, 9.17) is 9.68 Å². The molecule has 0 bridgehead atoms. The zero-order valence-corrected chi connectivity index (χ0v) is 11.4. The van der Waals surface area contributed by atoms with Gasteiger partial charge in [-0.25, -0.2) is 10.4 Å². The molecule has 5 nitrogen and oxygen atoms in total. The predicted molar refractivity (Wildman–Crippen MR) is 81.1 cm³/mol. The summed E-state index contributed by atoms with van der Waals surface area (Å²) < 4.78 is 5.27. The van der Waals surface area contributed by atoms with Gasteiger partial charge in [0.05, 0.1) is 6.21 Å². The Morgan fingerprint density at radius 2 is 2.05 bits per heavy atom. The van der Waals surface area contributed by atoms with Crippen molar-refractivity contribution in [1.82, 2.24) is 4.98 Å². The van der Waals surface area contributed by atoms with Gasteiger partial charge in [0, 0.05) is 12.5 Å². The topological polar surface area (TPSA) is 74.2 Å². The van der Waals surface area contributed by atoms with E-state index in [0.717, 1.165) is 16.3 Å². The van der Waals surface area contributed by atoms with Crippen molar-refractivity contribution in [3.63, 3.8) is 0 Å². The van der Waals surface area contributed by atoms with Crippen molar-refractivity contribution in [3.05, 3.63) is 59.6 Å². The predicted octanol–water partition coefficient (Wildman–Crippen LogP) is 3.45. The first kappa shape index (κ1) is 12.9. The van der Waals surface area contributed by atoms with Crippen molar-refractivity contribution in [2.24, 2.45) is 5.10 Å². The van der Waals surface area contributed by atoms with Gasteiger partial charge < -0.3 is 4.42 Å². The van der Waals surface area contributed by atoms with E-state index in [0.29, 0.717) is 5.89 Å². The Morgan fingerprint density at radius 3 is 2.90 bits per heavy atom. The van der Waals surface area contributed by atoms with Gasteiger partial charge in [-0.15, -0.1) is 0 Å². The zero-order chi connectivity index (χ0) is 14.7. The van der Waals surface area contributed by atoms with Crippen molar-refractivity contribution < 1.29 is 4.42 Å². The van der Waals surface area contributed by atoms with E-state index in [1.165, 1.54) is 0 Å². The van der Waals surface area contributed by atoms with Crippen LogP contribution in [0.25, 0.3) is 10.8 Å². The number of nitriles is 1. The minimum Gasteiger partial charge on any atom is -0.422 e. The molecular weight excluding hydrogens is 264 g/mol. The Morgan fingerprint density at radius 1 is 1.24 bits per heavy atom. The molecular formula is C16H12N4O. The van der Waals surface area contributed by atoms with Crippen LogP contribution in [0.4, 0.5) is 5.88 Å². The molecule has 0 spiro atoms. The molecule has 0 saturated carbocycles. The molecule has 0 fully saturated rings. The summed E-state index contributed by atoms with van der Waals surface area (Å²) in [6.07, 6.45) is 1.70. The van der Waals surface area contributed by atoms with Crippen LogP contribution in [0, 0.1) is 18.3 Å². The van der Waals surface area contributed by atoms with Crippen LogP contribution >= 0.6 is 0 Å². The smallest absolute Gasteiger partial charge is 0.252 e. The number of hydrogen-bond donors (Lipinski definition) is 1. The molecule has 1 aromatic heterocycles. The largest absolute Gasteiger partial charge is 0.422 e. The molecule has 1 heterocycles. The van der Waals surface area contributed by atoms with Crippen molar-refractivity contribution in [2.45, 2.75) is 6.92 Å². The summed E-state index contributed by atoms with van der Waals surface area (Å²) in [4.78, 5) is 3.94. The van der Waals surface area contributed by atoms with Gasteiger partial charge in [-0.1, -0.05) is 42.5 Å². The number of benzene rings is 2. The summed E-state index contributed by atoms with van der Waals surface area (Å²) in [5.41, 5.74) is 3.89. The van der Waals surface area contributed by atoms with Gasteiger partial charge in [0.2, 0.25) is 5.69 Å². The normalized spacial score (nSPS) is 10.9. The van der Waals surface area contributed by atoms with Crippen LogP contribution in [0.2, 0.25) is 0 Å². The van der Waals surface area contributed by atoms with Gasteiger partial charge in [0.1, 0.15) is 6.07 Å². The average molecular weight is 276 g/mol. The summed E-state index contributed by atoms with van der Waals surface area (Å²) >= 11 is 0. The summed E-state index contributed by atoms with van der Waals surface area (Å²) in [7, 11) is 0. The standard InChI is InChI=1S/C16H12N4O/c1-11-19-15(9-17)16(21-11)20-18-10-13-7-4-6-12-5-2-3-8-14(12)13/h2-8,10,20H,1H3. The number of aryl methyl sites for hydroxylation is 1. The van der Waals surface area contributed by atoms with Gasteiger partial charge in [0.25, 0.3) is 5.88 Å². The summed E-state index contributed by atoms with van der Waals surface area (Å²) in [5.74, 6) is 0.681. The molecule has 102 valence electrons. The minimum absolute atomic E-state index is 0.197. The third-order valence-electron chi connectivity index (χ3n) is 3.03. The van der Waals surface area contributed by atoms with Gasteiger partial charge in [-0.3, -0.25) is 0 Å². The number of nitrogens with one attached hydrogen (secondary N) is 1. The van der Waals surface area contributed by atoms with Crippen LogP contribution in [0.3, 0.4) is 0 Å². The maximum Gasteiger partial charge on any atom is 0.252 e. The fourth-order valence-corrected chi connectivity index (χ4v) is 2.10. The lowest BCUT2D eigenvalue weighted by Crippen LogP contribution is -1.92. The second-order valence-corrected chi connectivity index (χ2v) is 4.46. The lowest BCUT2D eigenvalue weighted by molar-refractivity contribution is 0.533. The SMILES string of the molecule is Cc1nc(C#N)c(NN=Cc2cccc3ccccc23)o1. The number of oxazole rings is 1. The molecule has 3 rings (SSSR count). The zero-order valence-electron chi connectivity index (χ0n) is 11.4. The Kier molecular flexibility index (Phi) is 3.36. The Balaban J connectivity index is 1.87. The Hall–Kier alpha value is -3.13. The Bertz CT molecular complexity index is 853. The number of fused-ring (bicyclic) bond motifs is 1. The van der Waals surface area contributed by atoms with Gasteiger partial charge in [-0.2, -0.15) is 10.4 Å². The molecule has 0 radical (unpaired) electrons. The summed E-state index contributed by atoms with van der Waals surface area (Å²) in [5, 5.41) is 15.3. The molecule has 0 aliphatic rings. The molecule has 0 saturated heterocycles. The van der Waals surface area contributed by atoms with Crippen LogP contribution in [0.1, 0.15) is 17.1 Å². The fraction of sp³-hybridized carbons (Fsp3) is 0.0625. The van der Waals surface area contributed by atoms with E-state index in [2.05, 4.69) is 15.5 Å². The van der Waals surface area contributed by atoms with Crippen LogP contribution in [0.5, 0.6) is 0 Å². The van der Waals surface area contributed by atoms with E-state index in [-0.39, 0.29) is 11.6 Å². The number of anilines is 1. The van der Waals surface area contributed by atoms with Crippen molar-refractivity contribution >= 4 is 22.9 Å². The third kappa shape index (κ3) is 2.60. The number of nitrogens with zero attached hydrogens (tertiary/aromatic N) is 3. The average Bonchev–Trinajstić information content (AvgIpc) is 2.87. The highest BCUT2D eigenvalue weighted by Gasteiger charge is 2.08. The lowest BCUT2D eigenvalue weighted by Gasteiger charge is -2.01. The van der Waals surface area contributed by atoms with Gasteiger partial charge in [0.15, 0.2) is 5.89 Å². The minimum atomic E-state index is 0.197. The number of hydrogen-bond acceptors (Lipinski definition) is 5. The molecule has 5 heteroatoms. The first-order valence-corrected chi connectivity index (χ1v) is 6.42. The molecule has 0 aliphatic carbocycles. The van der Waals surface area contributed by atoms with Gasteiger partial charge >= 0.3 is 0 Å². The quantitative estimate of drug-likeness (QED) is 0.587. The second-order valence-electron chi connectivity index (χ2n) is 4.46. The van der Waals surface area contributed by atoms with E-state index in [1.54, 1.807) is 13.1 Å². The highest BCUT2D eigenvalue weighted by atomic mass is 16.4. The molecule has 0 unspecified atom stereocenters. The van der Waals surface area contributed by atoms with Crippen molar-refractivity contribution in [1.29, 1.82) is 5.26 Å². The summed E-state index contributed by atoms with van der Waals surface area (Å²) in [6, 6.07) is 16.0. The lowest BCUT2D eigenvalue weighted by atomic mass is 10.1. The summed E-state index contributed by atoms with van der Waals surface area (Å²) in [6.45, 7) is 1.68. The number of rotatable bonds is 3. The van der Waals surface area contributed by atoms with Gasteiger partial charge in [-0.05, 0) is 10.8 Å². The Labute approximate surface area is 121 Å². The monoisotopic (exact) mass is 276 g/mol. The van der Waals surface area contributed by atoms with E-state index < -0.39 is 0 Å². The van der Waals surface area contributed by atoms with E-state index in [1.807, 2.05) is 48.5 Å². The third-order valence-corrected chi connectivity index (χ3v) is 3.03. The highest BCUT2D eigenvalue weighted by Crippen LogP contribution is 2.18. The molecule has 1 N–H and O–H groups in total. The fourth-order valence-electron chi connectivity index (χ4n) is 2.10. The first-order valence-electron chi connectivity index (χ1n) is 6.42. The molecule has 0 aliphatic heterocycles. The first-order chi connectivity index (χ1) is 10.3. The van der Waals surface area contributed by atoms with Crippen molar-refractivity contribution in [2.75, 3.05) is 5.43 Å². The molecule has 2 aromatic carbocycles. The second kappa shape index (κ2) is 5.47. The van der Waals surface area contributed by atoms with Crippen LogP contribution < -0.4 is 5.43 Å². The van der Waals surface area contributed by atoms with Crippen LogP contribution in [-0.2, 0) is 0 Å². The highest BCUT2D eigenvalue weighted by molar-refractivity contribution is 5.99. The van der Waals surface area contributed by atoms with Crippen LogP contribution in [-0.4, -0.2) is 11.2 Å². The number of hydrazone groups is 1. The molecule has 21 heavy (non-hydrogen) atoms. The molecule has 3 aromatic rings. The number of aromatic nitrogens is 1. The van der Waals surface area contributed by atoms with Crippen molar-refractivity contribution in [3.8, 4) is 6.07 Å².